The van der Waals surface area contributed by atoms with Crippen molar-refractivity contribution in [3.63, 3.8) is 0 Å². The Labute approximate surface area is 203 Å². The second kappa shape index (κ2) is 11.5. The second-order valence-corrected chi connectivity index (χ2v) is 10.6. The molecule has 1 amide bonds. The molecule has 9 heteroatoms. The van der Waals surface area contributed by atoms with E-state index >= 15 is 0 Å². The normalized spacial score (nSPS) is 11.2. The van der Waals surface area contributed by atoms with Gasteiger partial charge in [0.1, 0.15) is 12.4 Å². The van der Waals surface area contributed by atoms with Gasteiger partial charge in [0.2, 0.25) is 5.91 Å². The van der Waals surface area contributed by atoms with E-state index in [0.29, 0.717) is 34.3 Å². The minimum absolute atomic E-state index is 0.107. The number of hydrogen-bond donors (Lipinski definition) is 1. The summed E-state index contributed by atoms with van der Waals surface area (Å²) in [7, 11) is -3.93. The Bertz CT molecular complexity index is 1170. The quantitative estimate of drug-likeness (QED) is 0.391. The van der Waals surface area contributed by atoms with Crippen LogP contribution in [0.5, 0.6) is 0 Å². The van der Waals surface area contributed by atoms with Gasteiger partial charge in [-0.25, -0.2) is 12.8 Å². The zero-order valence-corrected chi connectivity index (χ0v) is 20.4. The lowest BCUT2D eigenvalue weighted by Crippen LogP contribution is -2.41. The number of sulfonamides is 1. The van der Waals surface area contributed by atoms with Crippen molar-refractivity contribution in [2.75, 3.05) is 23.1 Å². The number of amides is 1. The van der Waals surface area contributed by atoms with Crippen LogP contribution in [-0.2, 0) is 20.6 Å². The van der Waals surface area contributed by atoms with Gasteiger partial charge in [0.25, 0.3) is 10.0 Å². The van der Waals surface area contributed by atoms with Crippen LogP contribution in [0.3, 0.4) is 0 Å². The maximum Gasteiger partial charge on any atom is 0.264 e. The van der Waals surface area contributed by atoms with Crippen molar-refractivity contribution in [2.45, 2.75) is 17.6 Å². The lowest BCUT2D eigenvalue weighted by molar-refractivity contribution is -0.119. The number of thioether (sulfide) groups is 1. The molecule has 0 spiro atoms. The summed E-state index contributed by atoms with van der Waals surface area (Å²) in [4.78, 5) is 12.7. The zero-order valence-electron chi connectivity index (χ0n) is 18.0. The van der Waals surface area contributed by atoms with Crippen LogP contribution in [0.15, 0.2) is 77.7 Å². The molecule has 3 aromatic carbocycles. The molecule has 3 rings (SSSR count). The summed E-state index contributed by atoms with van der Waals surface area (Å²) in [5.74, 6) is 0.101. The number of benzene rings is 3. The molecule has 1 N–H and O–H groups in total. The maximum absolute atomic E-state index is 13.8. The highest BCUT2D eigenvalue weighted by Gasteiger charge is 2.26. The fourth-order valence-electron chi connectivity index (χ4n) is 3.04. The van der Waals surface area contributed by atoms with Crippen molar-refractivity contribution in [3.8, 4) is 0 Å². The van der Waals surface area contributed by atoms with Gasteiger partial charge in [-0.1, -0.05) is 53.6 Å². The third-order valence-electron chi connectivity index (χ3n) is 4.82. The number of aryl methyl sites for hydroxylation is 1. The van der Waals surface area contributed by atoms with E-state index in [1.165, 1.54) is 30.0 Å². The molecule has 0 aliphatic carbocycles. The highest BCUT2D eigenvalue weighted by atomic mass is 35.5. The van der Waals surface area contributed by atoms with Crippen LogP contribution in [0, 0.1) is 12.7 Å². The zero-order chi connectivity index (χ0) is 23.8. The minimum atomic E-state index is -3.93. The molecule has 33 heavy (non-hydrogen) atoms. The first-order chi connectivity index (χ1) is 15.8. The molecule has 174 valence electrons. The number of nitrogens with one attached hydrogen (secondary N) is 1. The SMILES string of the molecule is Cc1ccc(N(CC(=O)NCCSCc2c(F)cccc2Cl)S(=O)(=O)c2ccccc2)cc1. The maximum atomic E-state index is 13.8. The van der Waals surface area contributed by atoms with Gasteiger partial charge >= 0.3 is 0 Å². The predicted molar refractivity (Wildman–Crippen MR) is 133 cm³/mol. The molecular formula is C24H24ClFN2O3S2. The monoisotopic (exact) mass is 506 g/mol. The summed E-state index contributed by atoms with van der Waals surface area (Å²) in [6.45, 7) is 1.85. The number of nitrogens with zero attached hydrogens (tertiary/aromatic N) is 1. The molecule has 5 nitrogen and oxygen atoms in total. The van der Waals surface area contributed by atoms with Crippen molar-refractivity contribution >= 4 is 45.0 Å². The Hall–Kier alpha value is -2.55. The van der Waals surface area contributed by atoms with E-state index in [0.717, 1.165) is 9.87 Å². The van der Waals surface area contributed by atoms with Gasteiger partial charge < -0.3 is 5.32 Å². The highest BCUT2D eigenvalue weighted by Crippen LogP contribution is 2.25. The van der Waals surface area contributed by atoms with Gasteiger partial charge in [-0.15, -0.1) is 0 Å². The van der Waals surface area contributed by atoms with Crippen molar-refractivity contribution in [1.82, 2.24) is 5.32 Å². The number of halogens is 2. The second-order valence-electron chi connectivity index (χ2n) is 7.26. The first-order valence-corrected chi connectivity index (χ1v) is 13.2. The summed E-state index contributed by atoms with van der Waals surface area (Å²) in [5, 5.41) is 3.11. The van der Waals surface area contributed by atoms with E-state index in [1.54, 1.807) is 54.6 Å². The van der Waals surface area contributed by atoms with Gasteiger partial charge in [0.15, 0.2) is 0 Å². The third-order valence-corrected chi connectivity index (χ3v) is 7.94. The summed E-state index contributed by atoms with van der Waals surface area (Å²) in [6, 6.07) is 19.5. The van der Waals surface area contributed by atoms with Crippen LogP contribution in [0.25, 0.3) is 0 Å². The van der Waals surface area contributed by atoms with Crippen molar-refractivity contribution < 1.29 is 17.6 Å². The Kier molecular flexibility index (Phi) is 8.77. The highest BCUT2D eigenvalue weighted by molar-refractivity contribution is 7.98. The van der Waals surface area contributed by atoms with Crippen LogP contribution in [-0.4, -0.2) is 33.2 Å². The van der Waals surface area contributed by atoms with Crippen molar-refractivity contribution in [3.05, 3.63) is 94.8 Å². The van der Waals surface area contributed by atoms with Crippen LogP contribution in [0.2, 0.25) is 5.02 Å². The van der Waals surface area contributed by atoms with Crippen molar-refractivity contribution in [1.29, 1.82) is 0 Å². The molecule has 0 saturated carbocycles. The average molecular weight is 507 g/mol. The molecule has 0 bridgehead atoms. The Balaban J connectivity index is 1.62. The lowest BCUT2D eigenvalue weighted by Gasteiger charge is -2.24. The number of carbonyl (C=O) groups is 1. The van der Waals surface area contributed by atoms with Gasteiger partial charge in [-0.05, 0) is 43.3 Å². The lowest BCUT2D eigenvalue weighted by atomic mass is 10.2. The Morgan fingerprint density at radius 3 is 2.39 bits per heavy atom. The third kappa shape index (κ3) is 6.72. The molecule has 0 aliphatic heterocycles. The molecule has 0 heterocycles. The summed E-state index contributed by atoms with van der Waals surface area (Å²) in [5.41, 5.74) is 1.81. The summed E-state index contributed by atoms with van der Waals surface area (Å²) >= 11 is 7.45. The van der Waals surface area contributed by atoms with E-state index in [9.17, 15) is 17.6 Å². The molecule has 3 aromatic rings. The van der Waals surface area contributed by atoms with E-state index in [-0.39, 0.29) is 17.3 Å². The Morgan fingerprint density at radius 2 is 1.73 bits per heavy atom. The number of hydrogen-bond acceptors (Lipinski definition) is 4. The minimum Gasteiger partial charge on any atom is -0.354 e. The number of rotatable bonds is 10. The molecule has 0 fully saturated rings. The predicted octanol–water partition coefficient (Wildman–Crippen LogP) is 5.03. The van der Waals surface area contributed by atoms with Gasteiger partial charge in [-0.3, -0.25) is 9.10 Å². The van der Waals surface area contributed by atoms with Crippen LogP contribution < -0.4 is 9.62 Å². The molecule has 0 radical (unpaired) electrons. The molecule has 0 unspecified atom stereocenters. The van der Waals surface area contributed by atoms with E-state index in [4.69, 9.17) is 11.6 Å². The summed E-state index contributed by atoms with van der Waals surface area (Å²) < 4.78 is 41.4. The largest absolute Gasteiger partial charge is 0.354 e. The number of carbonyl (C=O) groups excluding carboxylic acids is 1. The van der Waals surface area contributed by atoms with Crippen LogP contribution in [0.1, 0.15) is 11.1 Å². The van der Waals surface area contributed by atoms with Gasteiger partial charge in [0, 0.05) is 28.6 Å². The fraction of sp³-hybridized carbons (Fsp3) is 0.208. The first-order valence-electron chi connectivity index (χ1n) is 10.2. The van der Waals surface area contributed by atoms with E-state index < -0.39 is 15.9 Å². The van der Waals surface area contributed by atoms with E-state index in [2.05, 4.69) is 5.32 Å². The number of anilines is 1. The molecule has 0 aromatic heterocycles. The topological polar surface area (TPSA) is 66.5 Å². The average Bonchev–Trinajstić information content (AvgIpc) is 2.80. The smallest absolute Gasteiger partial charge is 0.264 e. The Morgan fingerprint density at radius 1 is 1.03 bits per heavy atom. The van der Waals surface area contributed by atoms with Crippen LogP contribution >= 0.6 is 23.4 Å². The van der Waals surface area contributed by atoms with Crippen LogP contribution in [0.4, 0.5) is 10.1 Å². The van der Waals surface area contributed by atoms with Crippen molar-refractivity contribution in [2.24, 2.45) is 0 Å². The van der Waals surface area contributed by atoms with E-state index in [1.807, 2.05) is 6.92 Å². The molecule has 0 atom stereocenters. The standard InChI is InChI=1S/C24H24ClFN2O3S2/c1-18-10-12-19(13-11-18)28(33(30,31)20-6-3-2-4-7-20)16-24(29)27-14-15-32-17-21-22(25)8-5-9-23(21)26/h2-13H,14-17H2,1H3,(H,27,29). The van der Waals surface area contributed by atoms with Gasteiger partial charge in [0.05, 0.1) is 10.6 Å². The molecule has 0 saturated heterocycles. The van der Waals surface area contributed by atoms with Gasteiger partial charge in [-0.2, -0.15) is 11.8 Å². The molecule has 0 aliphatic rings. The first kappa shape index (κ1) is 25.1. The summed E-state index contributed by atoms with van der Waals surface area (Å²) in [6.07, 6.45) is 0. The fourth-order valence-corrected chi connectivity index (χ4v) is 5.68. The molecular weight excluding hydrogens is 483 g/mol.